The lowest BCUT2D eigenvalue weighted by Gasteiger charge is -2.15. The highest BCUT2D eigenvalue weighted by Crippen LogP contribution is 2.14. The summed E-state index contributed by atoms with van der Waals surface area (Å²) in [4.78, 5) is 103. The number of nitrogens with two attached hydrogens (primary N) is 1. The lowest BCUT2D eigenvalue weighted by Crippen LogP contribution is -2.41. The van der Waals surface area contributed by atoms with Crippen LogP contribution >= 0.6 is 0 Å². The molecule has 4 rings (SSSR count). The fourth-order valence-corrected chi connectivity index (χ4v) is 5.72. The topological polar surface area (TPSA) is 343 Å². The monoisotopic (exact) mass is 961 g/mol. The molecule has 3 heterocycles. The fourth-order valence-electron chi connectivity index (χ4n) is 5.72. The summed E-state index contributed by atoms with van der Waals surface area (Å²) in [7, 11) is 0. The van der Waals surface area contributed by atoms with Gasteiger partial charge in [0.25, 0.3) is 23.3 Å². The molecule has 1 saturated heterocycles. The minimum absolute atomic E-state index is 0.0404. The Labute approximate surface area is 390 Å². The minimum atomic E-state index is -1.29. The van der Waals surface area contributed by atoms with E-state index in [0.717, 1.165) is 0 Å². The Balaban J connectivity index is 0.868. The zero-order valence-electron chi connectivity index (χ0n) is 37.6. The number of H-pyrrole nitrogens is 1. The van der Waals surface area contributed by atoms with Gasteiger partial charge in [-0.1, -0.05) is 0 Å². The smallest absolute Gasteiger partial charge is 0.335 e. The number of rotatable bonds is 37. The van der Waals surface area contributed by atoms with Crippen molar-refractivity contribution < 1.29 is 76.6 Å². The Kier molecular flexibility index (Phi) is 25.3. The van der Waals surface area contributed by atoms with Crippen LogP contribution in [0.4, 0.5) is 11.6 Å². The van der Waals surface area contributed by atoms with Crippen molar-refractivity contribution in [2.24, 2.45) is 0 Å². The summed E-state index contributed by atoms with van der Waals surface area (Å²) in [6, 6.07) is 4.98. The van der Waals surface area contributed by atoms with E-state index in [1.165, 1.54) is 18.3 Å². The first-order valence-corrected chi connectivity index (χ1v) is 21.8. The number of imide groups is 1. The van der Waals surface area contributed by atoms with Gasteiger partial charge in [-0.3, -0.25) is 29.0 Å². The van der Waals surface area contributed by atoms with E-state index in [-0.39, 0.29) is 87.7 Å². The third-order valence-corrected chi connectivity index (χ3v) is 9.19. The third kappa shape index (κ3) is 21.6. The van der Waals surface area contributed by atoms with E-state index >= 15 is 0 Å². The number of hydroxylamine groups is 2. The highest BCUT2D eigenvalue weighted by Gasteiger charge is 2.32. The van der Waals surface area contributed by atoms with Crippen LogP contribution in [0.25, 0.3) is 11.2 Å². The predicted molar refractivity (Wildman–Crippen MR) is 236 cm³/mol. The molecule has 0 radical (unpaired) electrons. The molecule has 1 aromatic carbocycles. The third-order valence-electron chi connectivity index (χ3n) is 9.19. The van der Waals surface area contributed by atoms with Crippen LogP contribution in [0.15, 0.2) is 35.3 Å². The summed E-state index contributed by atoms with van der Waals surface area (Å²) < 4.78 is 43.4. The van der Waals surface area contributed by atoms with Crippen molar-refractivity contribution >= 4 is 58.4 Å². The zero-order chi connectivity index (χ0) is 48.8. The minimum Gasteiger partial charge on any atom is -0.480 e. The molecule has 1 aliphatic rings. The maximum absolute atomic E-state index is 12.8. The fraction of sp³-hybridized carbons (Fsp3) is 0.571. The number of hydrogen-bond acceptors (Lipinski definition) is 21. The molecule has 68 heavy (non-hydrogen) atoms. The molecule has 0 unspecified atom stereocenters. The van der Waals surface area contributed by atoms with Crippen molar-refractivity contribution in [3.63, 3.8) is 0 Å². The Morgan fingerprint density at radius 1 is 0.706 bits per heavy atom. The average molecular weight is 962 g/mol. The van der Waals surface area contributed by atoms with E-state index in [1.54, 1.807) is 12.1 Å². The van der Waals surface area contributed by atoms with Crippen LogP contribution in [0.2, 0.25) is 0 Å². The van der Waals surface area contributed by atoms with Crippen LogP contribution in [-0.2, 0) is 73.2 Å². The van der Waals surface area contributed by atoms with Crippen LogP contribution in [0, 0.1) is 0 Å². The summed E-state index contributed by atoms with van der Waals surface area (Å²) in [5, 5.41) is 18.4. The van der Waals surface area contributed by atoms with Gasteiger partial charge in [-0.05, 0) is 30.7 Å². The number of nitrogens with zero attached hydrogens (tertiary/aromatic N) is 4. The van der Waals surface area contributed by atoms with Crippen molar-refractivity contribution in [3.05, 3.63) is 52.1 Å². The van der Waals surface area contributed by atoms with Crippen LogP contribution in [-0.4, -0.2) is 184 Å². The van der Waals surface area contributed by atoms with E-state index in [4.69, 9.17) is 48.5 Å². The average Bonchev–Trinajstić information content (AvgIpc) is 3.64. The number of fused-ring (bicyclic) bond motifs is 1. The van der Waals surface area contributed by atoms with Crippen molar-refractivity contribution in [3.8, 4) is 0 Å². The van der Waals surface area contributed by atoms with Crippen LogP contribution < -0.4 is 27.2 Å². The first-order valence-electron chi connectivity index (χ1n) is 21.8. The van der Waals surface area contributed by atoms with Gasteiger partial charge in [0.15, 0.2) is 11.2 Å². The number of carbonyl (C=O) groups excluding carboxylic acids is 5. The van der Waals surface area contributed by atoms with E-state index in [1.807, 2.05) is 0 Å². The molecular formula is C42H59N9O17. The van der Waals surface area contributed by atoms with Crippen molar-refractivity contribution in [1.29, 1.82) is 0 Å². The number of carboxylic acid groups (broad SMARTS) is 1. The van der Waals surface area contributed by atoms with Gasteiger partial charge in [-0.15, -0.1) is 5.06 Å². The van der Waals surface area contributed by atoms with Crippen molar-refractivity contribution in [2.45, 2.75) is 44.7 Å². The molecule has 0 saturated carbocycles. The maximum Gasteiger partial charge on any atom is 0.335 e. The molecule has 1 atom stereocenters. The molecule has 1 fully saturated rings. The number of ether oxygens (including phenoxy) is 8. The standard InChI is InChI=1S/C42H59N9O17/c43-42-49-38-37(40(57)50-42)47-31(28-46-38)27-45-30-3-1-29(2-4-30)39(56)48-32(41(58)59)5-6-33(52)44-10-12-61-14-16-63-18-20-65-22-24-67-26-25-66-23-21-64-19-17-62-15-13-60-11-9-36(55)68-51-34(53)7-8-35(51)54/h1-4,28,32,45H,5-27H2,(H,44,52)(H,48,56)(H,58,59)(H3,43,46,49,50,57)/t32-/m0/s1. The highest BCUT2D eigenvalue weighted by molar-refractivity contribution is 6.01. The molecule has 2 aromatic heterocycles. The molecule has 0 aliphatic carbocycles. The number of aromatic nitrogens is 4. The Morgan fingerprint density at radius 3 is 1.75 bits per heavy atom. The number of anilines is 2. The largest absolute Gasteiger partial charge is 0.480 e. The molecule has 374 valence electrons. The number of carboxylic acids is 1. The second-order valence-corrected chi connectivity index (χ2v) is 14.4. The molecule has 0 bridgehead atoms. The van der Waals surface area contributed by atoms with Gasteiger partial charge in [0.05, 0.1) is 131 Å². The number of nitrogens with one attached hydrogen (secondary N) is 4. The van der Waals surface area contributed by atoms with Crippen LogP contribution in [0.3, 0.4) is 0 Å². The van der Waals surface area contributed by atoms with Gasteiger partial charge in [0.1, 0.15) is 6.04 Å². The number of nitrogen functional groups attached to an aromatic ring is 1. The molecule has 0 spiro atoms. The number of amides is 4. The van der Waals surface area contributed by atoms with Gasteiger partial charge >= 0.3 is 11.9 Å². The quantitative estimate of drug-likeness (QED) is 0.0302. The van der Waals surface area contributed by atoms with Crippen LogP contribution in [0.1, 0.15) is 48.2 Å². The van der Waals surface area contributed by atoms with E-state index in [2.05, 4.69) is 35.9 Å². The SMILES string of the molecule is Nc1nc2ncc(CNc3ccc(C(=O)N[C@@H](CCC(=O)NCCOCCOCCOCCOCCOCCOCCOCCOCCC(=O)ON4C(=O)CCC4=O)C(=O)O)cc3)nc2c(=O)[nH]1. The Morgan fingerprint density at radius 2 is 1.22 bits per heavy atom. The van der Waals surface area contributed by atoms with Gasteiger partial charge in [0, 0.05) is 37.1 Å². The summed E-state index contributed by atoms with van der Waals surface area (Å²) in [6.45, 7) is 5.76. The lowest BCUT2D eigenvalue weighted by molar-refractivity contribution is -0.198. The number of hydrogen-bond donors (Lipinski definition) is 6. The first-order chi connectivity index (χ1) is 33.0. The second kappa shape index (κ2) is 31.7. The molecule has 1 aliphatic heterocycles. The maximum atomic E-state index is 12.8. The first kappa shape index (κ1) is 54.3. The molecule has 26 heteroatoms. The van der Waals surface area contributed by atoms with E-state index < -0.39 is 47.2 Å². The van der Waals surface area contributed by atoms with E-state index in [9.17, 15) is 38.7 Å². The van der Waals surface area contributed by atoms with Crippen molar-refractivity contribution in [1.82, 2.24) is 35.6 Å². The van der Waals surface area contributed by atoms with Gasteiger partial charge < -0.3 is 69.5 Å². The highest BCUT2D eigenvalue weighted by atomic mass is 16.7. The summed E-state index contributed by atoms with van der Waals surface area (Å²) in [5.74, 6) is -4.13. The normalized spacial score (nSPS) is 12.9. The lowest BCUT2D eigenvalue weighted by atomic mass is 10.1. The number of carbonyl (C=O) groups is 6. The van der Waals surface area contributed by atoms with Gasteiger partial charge in [-0.25, -0.2) is 19.6 Å². The molecule has 3 aromatic rings. The van der Waals surface area contributed by atoms with Gasteiger partial charge in [-0.2, -0.15) is 4.98 Å². The summed E-state index contributed by atoms with van der Waals surface area (Å²) >= 11 is 0. The number of aliphatic carboxylic acids is 1. The van der Waals surface area contributed by atoms with Crippen LogP contribution in [0.5, 0.6) is 0 Å². The second-order valence-electron chi connectivity index (χ2n) is 14.4. The molecular weight excluding hydrogens is 903 g/mol. The summed E-state index contributed by atoms with van der Waals surface area (Å²) in [5.41, 5.74) is 6.49. The Bertz CT molecular complexity index is 2100. The van der Waals surface area contributed by atoms with Crippen molar-refractivity contribution in [2.75, 3.05) is 123 Å². The molecule has 26 nitrogen and oxygen atoms in total. The number of aromatic amines is 1. The summed E-state index contributed by atoms with van der Waals surface area (Å²) in [6.07, 6.45) is 1.18. The predicted octanol–water partition coefficient (Wildman–Crippen LogP) is -0.883. The molecule has 4 amide bonds. The Hall–Kier alpha value is -6.26. The van der Waals surface area contributed by atoms with Gasteiger partial charge in [0.2, 0.25) is 11.9 Å². The zero-order valence-corrected chi connectivity index (χ0v) is 37.6. The van der Waals surface area contributed by atoms with E-state index in [0.29, 0.717) is 102 Å². The molecule has 7 N–H and O–H groups in total. The number of benzene rings is 1.